The molecular weight excluding hydrogens is 372 g/mol. The molecule has 0 bridgehead atoms. The molecule has 1 aliphatic carbocycles. The van der Waals surface area contributed by atoms with E-state index in [-0.39, 0.29) is 11.8 Å². The second-order valence-corrected chi connectivity index (χ2v) is 8.67. The molecule has 0 spiro atoms. The van der Waals surface area contributed by atoms with Crippen LogP contribution in [0.5, 0.6) is 5.75 Å². The van der Waals surface area contributed by atoms with E-state index in [9.17, 15) is 4.79 Å². The Morgan fingerprint density at radius 3 is 2.17 bits per heavy atom. The fraction of sp³-hybridized carbons (Fsp3) is 0.692. The number of nitrogens with one attached hydrogen (secondary N) is 1. The molecular formula is C26H42N2O2. The SMILES string of the molecule is CCCCCCCCCCCCOc1ccc(/C=N/NC(=O)C2CCCCC2)cc1. The first kappa shape index (κ1) is 24.4. The predicted octanol–water partition coefficient (Wildman–Crippen LogP) is 7.02. The van der Waals surface area contributed by atoms with E-state index in [1.807, 2.05) is 24.3 Å². The highest BCUT2D eigenvalue weighted by atomic mass is 16.5. The largest absolute Gasteiger partial charge is 0.494 e. The Morgan fingerprint density at radius 2 is 1.53 bits per heavy atom. The third-order valence-electron chi connectivity index (χ3n) is 6.01. The van der Waals surface area contributed by atoms with Gasteiger partial charge in [0.2, 0.25) is 5.91 Å². The van der Waals surface area contributed by atoms with E-state index in [0.29, 0.717) is 0 Å². The fourth-order valence-electron chi connectivity index (χ4n) is 4.06. The van der Waals surface area contributed by atoms with Crippen molar-refractivity contribution < 1.29 is 9.53 Å². The Labute approximate surface area is 183 Å². The fourth-order valence-corrected chi connectivity index (χ4v) is 4.06. The number of hydrogen-bond acceptors (Lipinski definition) is 3. The Kier molecular flexibility index (Phi) is 13.0. The lowest BCUT2D eigenvalue weighted by Crippen LogP contribution is -2.28. The maximum absolute atomic E-state index is 12.1. The van der Waals surface area contributed by atoms with E-state index in [4.69, 9.17) is 4.74 Å². The third-order valence-corrected chi connectivity index (χ3v) is 6.01. The predicted molar refractivity (Wildman–Crippen MR) is 126 cm³/mol. The van der Waals surface area contributed by atoms with Crippen LogP contribution in [0, 0.1) is 5.92 Å². The number of rotatable bonds is 15. The monoisotopic (exact) mass is 414 g/mol. The molecule has 0 saturated heterocycles. The van der Waals surface area contributed by atoms with Crippen LogP contribution in [0.1, 0.15) is 109 Å². The molecule has 0 aliphatic heterocycles. The molecule has 1 fully saturated rings. The van der Waals surface area contributed by atoms with Gasteiger partial charge in [0, 0.05) is 5.92 Å². The van der Waals surface area contributed by atoms with Crippen LogP contribution >= 0.6 is 0 Å². The van der Waals surface area contributed by atoms with Crippen molar-refractivity contribution in [2.75, 3.05) is 6.61 Å². The van der Waals surface area contributed by atoms with Crippen molar-refractivity contribution in [3.05, 3.63) is 29.8 Å². The van der Waals surface area contributed by atoms with Crippen molar-refractivity contribution in [3.8, 4) is 5.75 Å². The maximum atomic E-state index is 12.1. The molecule has 4 heteroatoms. The van der Waals surface area contributed by atoms with E-state index < -0.39 is 0 Å². The second-order valence-electron chi connectivity index (χ2n) is 8.67. The third kappa shape index (κ3) is 10.8. The van der Waals surface area contributed by atoms with Gasteiger partial charge in [-0.15, -0.1) is 0 Å². The first-order valence-electron chi connectivity index (χ1n) is 12.4. The summed E-state index contributed by atoms with van der Waals surface area (Å²) in [5, 5.41) is 4.11. The Morgan fingerprint density at radius 1 is 0.933 bits per heavy atom. The molecule has 1 N–H and O–H groups in total. The normalized spacial score (nSPS) is 14.8. The first-order valence-corrected chi connectivity index (χ1v) is 12.4. The van der Waals surface area contributed by atoms with Crippen molar-refractivity contribution in [2.45, 2.75) is 103 Å². The van der Waals surface area contributed by atoms with E-state index >= 15 is 0 Å². The summed E-state index contributed by atoms with van der Waals surface area (Å²) in [6, 6.07) is 7.90. The lowest BCUT2D eigenvalue weighted by molar-refractivity contribution is -0.125. The quantitative estimate of drug-likeness (QED) is 0.190. The summed E-state index contributed by atoms with van der Waals surface area (Å²) in [5.74, 6) is 1.09. The van der Waals surface area contributed by atoms with Crippen LogP contribution in [-0.2, 0) is 4.79 Å². The molecule has 1 aromatic carbocycles. The van der Waals surface area contributed by atoms with Gasteiger partial charge in [0.15, 0.2) is 0 Å². The number of carbonyl (C=O) groups excluding carboxylic acids is 1. The minimum Gasteiger partial charge on any atom is -0.494 e. The van der Waals surface area contributed by atoms with Crippen molar-refractivity contribution in [3.63, 3.8) is 0 Å². The highest BCUT2D eigenvalue weighted by Gasteiger charge is 2.20. The zero-order valence-electron chi connectivity index (χ0n) is 19.0. The first-order chi connectivity index (χ1) is 14.8. The number of carbonyl (C=O) groups is 1. The molecule has 168 valence electrons. The summed E-state index contributed by atoms with van der Waals surface area (Å²) < 4.78 is 5.84. The molecule has 0 atom stereocenters. The Hall–Kier alpha value is -1.84. The molecule has 1 aromatic rings. The lowest BCUT2D eigenvalue weighted by Gasteiger charge is -2.19. The highest BCUT2D eigenvalue weighted by molar-refractivity contribution is 5.83. The number of nitrogens with zero attached hydrogens (tertiary/aromatic N) is 1. The van der Waals surface area contributed by atoms with Crippen LogP contribution in [0.4, 0.5) is 0 Å². The number of amides is 1. The molecule has 0 unspecified atom stereocenters. The minimum atomic E-state index is 0.0578. The van der Waals surface area contributed by atoms with Crippen molar-refractivity contribution in [2.24, 2.45) is 11.0 Å². The van der Waals surface area contributed by atoms with Gasteiger partial charge in [0.1, 0.15) is 5.75 Å². The number of unbranched alkanes of at least 4 members (excludes halogenated alkanes) is 9. The van der Waals surface area contributed by atoms with Crippen LogP contribution in [0.3, 0.4) is 0 Å². The number of hydrogen-bond donors (Lipinski definition) is 1. The van der Waals surface area contributed by atoms with Gasteiger partial charge in [0.25, 0.3) is 0 Å². The summed E-state index contributed by atoms with van der Waals surface area (Å²) in [5.41, 5.74) is 3.65. The van der Waals surface area contributed by atoms with Gasteiger partial charge in [0.05, 0.1) is 12.8 Å². The van der Waals surface area contributed by atoms with Gasteiger partial charge in [-0.1, -0.05) is 84.0 Å². The molecule has 1 amide bonds. The molecule has 0 aromatic heterocycles. The van der Waals surface area contributed by atoms with Gasteiger partial charge in [-0.05, 0) is 49.1 Å². The molecule has 30 heavy (non-hydrogen) atoms. The zero-order chi connectivity index (χ0) is 21.3. The van der Waals surface area contributed by atoms with Crippen LogP contribution in [-0.4, -0.2) is 18.7 Å². The number of ether oxygens (including phenoxy) is 1. The molecule has 2 rings (SSSR count). The summed E-state index contributed by atoms with van der Waals surface area (Å²) in [4.78, 5) is 12.1. The summed E-state index contributed by atoms with van der Waals surface area (Å²) >= 11 is 0. The molecule has 4 nitrogen and oxygen atoms in total. The van der Waals surface area contributed by atoms with Crippen LogP contribution < -0.4 is 10.2 Å². The van der Waals surface area contributed by atoms with Crippen molar-refractivity contribution in [1.29, 1.82) is 0 Å². The topological polar surface area (TPSA) is 50.7 Å². The molecule has 0 radical (unpaired) electrons. The Balaban J connectivity index is 1.50. The van der Waals surface area contributed by atoms with Gasteiger partial charge in [-0.25, -0.2) is 5.43 Å². The van der Waals surface area contributed by atoms with Crippen molar-refractivity contribution >= 4 is 12.1 Å². The molecule has 0 heterocycles. The highest BCUT2D eigenvalue weighted by Crippen LogP contribution is 2.23. The Bertz CT molecular complexity index is 592. The van der Waals surface area contributed by atoms with Crippen LogP contribution in [0.15, 0.2) is 29.4 Å². The smallest absolute Gasteiger partial charge is 0.243 e. The summed E-state index contributed by atoms with van der Waals surface area (Å²) in [6.45, 7) is 3.05. The van der Waals surface area contributed by atoms with Gasteiger partial charge >= 0.3 is 0 Å². The van der Waals surface area contributed by atoms with Gasteiger partial charge < -0.3 is 4.74 Å². The molecule has 1 saturated carbocycles. The number of hydrazone groups is 1. The van der Waals surface area contributed by atoms with Crippen LogP contribution in [0.2, 0.25) is 0 Å². The summed E-state index contributed by atoms with van der Waals surface area (Å²) in [7, 11) is 0. The second kappa shape index (κ2) is 15.9. The van der Waals surface area contributed by atoms with E-state index in [1.54, 1.807) is 6.21 Å². The number of benzene rings is 1. The van der Waals surface area contributed by atoms with E-state index in [0.717, 1.165) is 50.0 Å². The van der Waals surface area contributed by atoms with Gasteiger partial charge in [-0.2, -0.15) is 5.10 Å². The van der Waals surface area contributed by atoms with Crippen LogP contribution in [0.25, 0.3) is 0 Å². The molecule has 1 aliphatic rings. The maximum Gasteiger partial charge on any atom is 0.243 e. The minimum absolute atomic E-state index is 0.0578. The average Bonchev–Trinajstić information content (AvgIpc) is 2.79. The van der Waals surface area contributed by atoms with E-state index in [2.05, 4.69) is 17.5 Å². The van der Waals surface area contributed by atoms with E-state index in [1.165, 1.54) is 64.2 Å². The van der Waals surface area contributed by atoms with Crippen molar-refractivity contribution in [1.82, 2.24) is 5.43 Å². The summed E-state index contributed by atoms with van der Waals surface area (Å²) in [6.07, 6.45) is 20.6. The lowest BCUT2D eigenvalue weighted by atomic mass is 9.89. The van der Waals surface area contributed by atoms with Gasteiger partial charge in [-0.3, -0.25) is 4.79 Å². The zero-order valence-corrected chi connectivity index (χ0v) is 19.0. The average molecular weight is 415 g/mol. The standard InChI is InChI=1S/C26H42N2O2/c1-2-3-4-5-6-7-8-9-10-14-21-30-25-19-17-23(18-20-25)22-27-28-26(29)24-15-12-11-13-16-24/h17-20,22,24H,2-16,21H2,1H3,(H,28,29)/b27-22+.